The minimum absolute atomic E-state index is 0.877. The van der Waals surface area contributed by atoms with Gasteiger partial charge in [0, 0.05) is 49.6 Å². The van der Waals surface area contributed by atoms with Crippen LogP contribution in [0.3, 0.4) is 0 Å². The topological polar surface area (TPSA) is 35.2 Å². The highest BCUT2D eigenvalue weighted by molar-refractivity contribution is 5.27. The van der Waals surface area contributed by atoms with Crippen LogP contribution in [0.2, 0.25) is 0 Å². The fourth-order valence-corrected chi connectivity index (χ4v) is 3.42. The lowest BCUT2D eigenvalue weighted by Crippen LogP contribution is -2.38. The van der Waals surface area contributed by atoms with E-state index in [-0.39, 0.29) is 0 Å². The van der Waals surface area contributed by atoms with Gasteiger partial charge in [0.05, 0.1) is 44.0 Å². The second kappa shape index (κ2) is 5.30. The van der Waals surface area contributed by atoms with E-state index in [1.165, 1.54) is 0 Å². The molecule has 7 heteroatoms. The first-order valence-electron chi connectivity index (χ1n) is 8.22. The van der Waals surface area contributed by atoms with Crippen molar-refractivity contribution >= 4 is 12.4 Å². The van der Waals surface area contributed by atoms with Gasteiger partial charge in [-0.1, -0.05) is 0 Å². The summed E-state index contributed by atoms with van der Waals surface area (Å²) in [5.41, 5.74) is 0. The zero-order valence-corrected chi connectivity index (χ0v) is 13.5. The molecule has 124 valence electrons. The van der Waals surface area contributed by atoms with E-state index in [0.717, 1.165) is 44.0 Å². The predicted octanol–water partition coefficient (Wildman–Crippen LogP) is -0.442. The SMILES string of the molecule is C1=CN2CN1/C=c1/cc/c([nH]1)=C/N1C=CN(C1)CN1C=CN(C2)C1. The minimum Gasteiger partial charge on any atom is -0.353 e. The minimum atomic E-state index is 0.877. The van der Waals surface area contributed by atoms with Gasteiger partial charge in [-0.2, -0.15) is 0 Å². The quantitative estimate of drug-likeness (QED) is 0.697. The Labute approximate surface area is 140 Å². The number of nitrogens with zero attached hydrogens (tertiary/aromatic N) is 6. The summed E-state index contributed by atoms with van der Waals surface area (Å²) in [6, 6.07) is 4.25. The van der Waals surface area contributed by atoms with E-state index < -0.39 is 0 Å². The van der Waals surface area contributed by atoms with Crippen LogP contribution < -0.4 is 10.7 Å². The molecule has 8 bridgehead atoms. The Morgan fingerprint density at radius 3 is 1.46 bits per heavy atom. The number of nitrogens with one attached hydrogen (secondary N) is 1. The fourth-order valence-electron chi connectivity index (χ4n) is 3.42. The van der Waals surface area contributed by atoms with Crippen molar-refractivity contribution in [1.29, 1.82) is 0 Å². The summed E-state index contributed by atoms with van der Waals surface area (Å²) in [7, 11) is 0. The fraction of sp³-hybridized carbons (Fsp3) is 0.294. The third-order valence-corrected chi connectivity index (χ3v) is 4.55. The molecule has 0 saturated heterocycles. The molecule has 4 aliphatic heterocycles. The zero-order chi connectivity index (χ0) is 15.9. The first kappa shape index (κ1) is 13.5. The molecular formula is C17H21N7. The number of fused-ring (bicyclic) bond motifs is 8. The van der Waals surface area contributed by atoms with Crippen molar-refractivity contribution in [2.75, 3.05) is 33.3 Å². The van der Waals surface area contributed by atoms with Gasteiger partial charge in [0.2, 0.25) is 0 Å². The van der Waals surface area contributed by atoms with Crippen LogP contribution in [0.4, 0.5) is 0 Å². The van der Waals surface area contributed by atoms with Crippen molar-refractivity contribution in [1.82, 2.24) is 34.4 Å². The van der Waals surface area contributed by atoms with Crippen molar-refractivity contribution in [3.8, 4) is 0 Å². The third kappa shape index (κ3) is 2.58. The molecule has 7 nitrogen and oxygen atoms in total. The molecule has 0 aliphatic carbocycles. The van der Waals surface area contributed by atoms with Crippen LogP contribution in [0.1, 0.15) is 0 Å². The molecule has 1 aromatic rings. The molecule has 0 saturated carbocycles. The van der Waals surface area contributed by atoms with Crippen LogP contribution >= 0.6 is 0 Å². The van der Waals surface area contributed by atoms with Gasteiger partial charge in [0.1, 0.15) is 0 Å². The summed E-state index contributed by atoms with van der Waals surface area (Å²) in [6.45, 7) is 4.49. The van der Waals surface area contributed by atoms with Gasteiger partial charge >= 0.3 is 0 Å². The first-order valence-corrected chi connectivity index (χ1v) is 8.22. The molecule has 0 radical (unpaired) electrons. The van der Waals surface area contributed by atoms with Gasteiger partial charge in [-0.3, -0.25) is 0 Å². The highest BCUT2D eigenvalue weighted by atomic mass is 15.5. The Hall–Kier alpha value is -2.96. The van der Waals surface area contributed by atoms with Gasteiger partial charge < -0.3 is 34.4 Å². The molecular weight excluding hydrogens is 302 g/mol. The Kier molecular flexibility index (Phi) is 2.97. The predicted molar refractivity (Wildman–Crippen MR) is 91.8 cm³/mol. The summed E-state index contributed by atoms with van der Waals surface area (Å²) in [4.78, 5) is 17.1. The standard InChI is InChI=1S/C17H21N7/c1-2-17-10-20-4-6-22(12-20)14-24-8-7-23(15-24)13-21-5-3-19(11-21)9-16(1)18-17/h1-10,18H,11-15H2/b16-9-,17-10-. The van der Waals surface area contributed by atoms with Crippen LogP contribution in [-0.4, -0.2) is 67.7 Å². The molecule has 0 atom stereocenters. The number of aromatic nitrogens is 1. The lowest BCUT2D eigenvalue weighted by atomic mass is 10.5. The van der Waals surface area contributed by atoms with Crippen LogP contribution in [0, 0.1) is 0 Å². The molecule has 0 spiro atoms. The normalized spacial score (nSPS) is 24.7. The van der Waals surface area contributed by atoms with E-state index in [2.05, 4.69) is 96.1 Å². The van der Waals surface area contributed by atoms with Crippen LogP contribution in [0.25, 0.3) is 12.4 Å². The molecule has 1 N–H and O–H groups in total. The number of aromatic amines is 1. The molecule has 0 unspecified atom stereocenters. The molecule has 5 heterocycles. The molecule has 4 aliphatic rings. The van der Waals surface area contributed by atoms with Crippen LogP contribution in [0.5, 0.6) is 0 Å². The highest BCUT2D eigenvalue weighted by Crippen LogP contribution is 2.14. The molecule has 24 heavy (non-hydrogen) atoms. The lowest BCUT2D eigenvalue weighted by Gasteiger charge is -2.29. The Balaban J connectivity index is 1.46. The lowest BCUT2D eigenvalue weighted by molar-refractivity contribution is 0.143. The largest absolute Gasteiger partial charge is 0.353 e. The van der Waals surface area contributed by atoms with E-state index in [0.29, 0.717) is 0 Å². The van der Waals surface area contributed by atoms with Gasteiger partial charge in [-0.25, -0.2) is 0 Å². The maximum atomic E-state index is 3.46. The van der Waals surface area contributed by atoms with E-state index in [1.807, 2.05) is 0 Å². The summed E-state index contributed by atoms with van der Waals surface area (Å²) < 4.78 is 0. The van der Waals surface area contributed by atoms with Crippen molar-refractivity contribution in [3.63, 3.8) is 0 Å². The summed E-state index contributed by atoms with van der Waals surface area (Å²) in [5, 5.41) is 2.24. The molecule has 1 aromatic heterocycles. The van der Waals surface area contributed by atoms with Gasteiger partial charge in [-0.15, -0.1) is 0 Å². The van der Waals surface area contributed by atoms with Crippen LogP contribution in [-0.2, 0) is 0 Å². The van der Waals surface area contributed by atoms with Gasteiger partial charge in [0.15, 0.2) is 0 Å². The second-order valence-corrected chi connectivity index (χ2v) is 6.61. The van der Waals surface area contributed by atoms with Gasteiger partial charge in [-0.05, 0) is 12.1 Å². The molecule has 0 amide bonds. The zero-order valence-electron chi connectivity index (χ0n) is 13.5. The van der Waals surface area contributed by atoms with Crippen molar-refractivity contribution < 1.29 is 0 Å². The average molecular weight is 323 g/mol. The smallest absolute Gasteiger partial charge is 0.0953 e. The number of hydrogen-bond donors (Lipinski definition) is 1. The van der Waals surface area contributed by atoms with Crippen LogP contribution in [0.15, 0.2) is 49.3 Å². The van der Waals surface area contributed by atoms with E-state index in [4.69, 9.17) is 0 Å². The van der Waals surface area contributed by atoms with E-state index in [1.54, 1.807) is 0 Å². The number of H-pyrrole nitrogens is 1. The van der Waals surface area contributed by atoms with Crippen molar-refractivity contribution in [3.05, 3.63) is 60.0 Å². The van der Waals surface area contributed by atoms with E-state index >= 15 is 0 Å². The maximum absolute atomic E-state index is 3.46. The maximum Gasteiger partial charge on any atom is 0.0953 e. The molecule has 5 rings (SSSR count). The van der Waals surface area contributed by atoms with Crippen molar-refractivity contribution in [2.45, 2.75) is 0 Å². The molecule has 0 aromatic carbocycles. The third-order valence-electron chi connectivity index (χ3n) is 4.55. The monoisotopic (exact) mass is 323 g/mol. The van der Waals surface area contributed by atoms with Gasteiger partial charge in [0.25, 0.3) is 0 Å². The summed E-state index contributed by atoms with van der Waals surface area (Å²) >= 11 is 0. The summed E-state index contributed by atoms with van der Waals surface area (Å²) in [6.07, 6.45) is 17.2. The average Bonchev–Trinajstić information content (AvgIpc) is 3.32. The molecule has 0 fully saturated rings. The number of rotatable bonds is 0. The Morgan fingerprint density at radius 2 is 0.958 bits per heavy atom. The Bertz CT molecular complexity index is 756. The Morgan fingerprint density at radius 1 is 0.542 bits per heavy atom. The highest BCUT2D eigenvalue weighted by Gasteiger charge is 2.19. The first-order chi connectivity index (χ1) is 11.8. The summed E-state index contributed by atoms with van der Waals surface area (Å²) in [5.74, 6) is 0. The van der Waals surface area contributed by atoms with E-state index in [9.17, 15) is 0 Å². The second-order valence-electron chi connectivity index (χ2n) is 6.61. The number of hydrogen-bond acceptors (Lipinski definition) is 6. The van der Waals surface area contributed by atoms with Crippen molar-refractivity contribution in [2.24, 2.45) is 0 Å².